The molecule has 0 bridgehead atoms. The zero-order chi connectivity index (χ0) is 24.9. The molecule has 0 unspecified atom stereocenters. The molecule has 9 heteroatoms. The molecule has 0 saturated heterocycles. The fraction of sp³-hybridized carbons (Fsp3) is 0.148. The van der Waals surface area contributed by atoms with Gasteiger partial charge in [-0.15, -0.1) is 5.10 Å². The number of nitrogens with zero attached hydrogens (tertiary/aromatic N) is 4. The van der Waals surface area contributed by atoms with Gasteiger partial charge >= 0.3 is 0 Å². The third kappa shape index (κ3) is 5.08. The van der Waals surface area contributed by atoms with Crippen LogP contribution in [0.2, 0.25) is 0 Å². The number of H-pyrrole nitrogens is 1. The third-order valence-electron chi connectivity index (χ3n) is 5.61. The quantitative estimate of drug-likeness (QED) is 0.436. The largest absolute Gasteiger partial charge is 0.489 e. The number of ether oxygens (including phenoxy) is 1. The molecule has 0 spiro atoms. The van der Waals surface area contributed by atoms with Gasteiger partial charge in [0.2, 0.25) is 5.82 Å². The van der Waals surface area contributed by atoms with Crippen LogP contribution in [0.5, 0.6) is 5.75 Å². The summed E-state index contributed by atoms with van der Waals surface area (Å²) in [6, 6.07) is 19.7. The summed E-state index contributed by atoms with van der Waals surface area (Å²) in [7, 11) is 1.63. The molecule has 0 fully saturated rings. The first-order valence-corrected chi connectivity index (χ1v) is 11.3. The predicted octanol–water partition coefficient (Wildman–Crippen LogP) is 2.34. The minimum atomic E-state index is -0.908. The summed E-state index contributed by atoms with van der Waals surface area (Å²) in [5.41, 5.74) is 2.95. The van der Waals surface area contributed by atoms with E-state index in [-0.39, 0.29) is 18.3 Å². The standard InChI is InChI=1S/C27H22N6O3/c1-33-22-15-19(10-12-20-9-5-6-14-28-20)11-13-23(22)36-17-21(27(33)35)29-26(34)25-30-24(31-32-25)16-18-7-3-2-4-8-18/h2-9,11,13-15,21H,16-17H2,1H3,(H,29,34)(H,30,31,32)/t21-/m0/s1. The van der Waals surface area contributed by atoms with E-state index in [4.69, 9.17) is 4.74 Å². The molecule has 2 amide bonds. The molecule has 5 rings (SSSR count). The van der Waals surface area contributed by atoms with Crippen LogP contribution in [0, 0.1) is 11.8 Å². The number of amides is 2. The monoisotopic (exact) mass is 478 g/mol. The highest BCUT2D eigenvalue weighted by Crippen LogP contribution is 2.31. The average Bonchev–Trinajstić information content (AvgIpc) is 3.35. The minimum absolute atomic E-state index is 0.0256. The Morgan fingerprint density at radius 3 is 2.78 bits per heavy atom. The summed E-state index contributed by atoms with van der Waals surface area (Å²) in [5.74, 6) is 6.21. The van der Waals surface area contributed by atoms with E-state index in [2.05, 4.69) is 37.3 Å². The summed E-state index contributed by atoms with van der Waals surface area (Å²) in [6.45, 7) is -0.0256. The van der Waals surface area contributed by atoms with E-state index in [1.807, 2.05) is 54.6 Å². The van der Waals surface area contributed by atoms with Gasteiger partial charge in [-0.2, -0.15) is 0 Å². The highest BCUT2D eigenvalue weighted by Gasteiger charge is 2.31. The molecule has 2 N–H and O–H groups in total. The maximum absolute atomic E-state index is 13.1. The molecular weight excluding hydrogens is 456 g/mol. The Kier molecular flexibility index (Phi) is 6.40. The molecule has 1 aliphatic rings. The number of nitrogens with one attached hydrogen (secondary N) is 2. The summed E-state index contributed by atoms with van der Waals surface area (Å²) >= 11 is 0. The Morgan fingerprint density at radius 1 is 1.14 bits per heavy atom. The second-order valence-corrected chi connectivity index (χ2v) is 8.15. The van der Waals surface area contributed by atoms with Gasteiger partial charge in [0, 0.05) is 25.2 Å². The zero-order valence-electron chi connectivity index (χ0n) is 19.4. The molecule has 0 saturated carbocycles. The van der Waals surface area contributed by atoms with Crippen LogP contribution in [0.25, 0.3) is 0 Å². The molecule has 2 aromatic carbocycles. The Labute approximate surface area is 207 Å². The number of aromatic amines is 1. The third-order valence-corrected chi connectivity index (χ3v) is 5.61. The van der Waals surface area contributed by atoms with Crippen molar-refractivity contribution < 1.29 is 14.3 Å². The summed E-state index contributed by atoms with van der Waals surface area (Å²) < 4.78 is 5.85. The first kappa shape index (κ1) is 22.8. The van der Waals surface area contributed by atoms with Crippen LogP contribution in [-0.2, 0) is 11.2 Å². The van der Waals surface area contributed by atoms with Crippen LogP contribution in [-0.4, -0.2) is 51.7 Å². The highest BCUT2D eigenvalue weighted by molar-refractivity contribution is 6.02. The summed E-state index contributed by atoms with van der Waals surface area (Å²) in [6.07, 6.45) is 2.19. The van der Waals surface area contributed by atoms with Crippen molar-refractivity contribution in [3.8, 4) is 17.6 Å². The van der Waals surface area contributed by atoms with Gasteiger partial charge in [0.15, 0.2) is 0 Å². The van der Waals surface area contributed by atoms with Crippen molar-refractivity contribution in [3.63, 3.8) is 0 Å². The fourth-order valence-electron chi connectivity index (χ4n) is 3.74. The van der Waals surface area contributed by atoms with Crippen LogP contribution in [0.15, 0.2) is 72.9 Å². The first-order valence-electron chi connectivity index (χ1n) is 11.3. The number of hydrogen-bond acceptors (Lipinski definition) is 6. The van der Waals surface area contributed by atoms with Gasteiger partial charge in [0.1, 0.15) is 29.9 Å². The van der Waals surface area contributed by atoms with E-state index < -0.39 is 11.9 Å². The van der Waals surface area contributed by atoms with E-state index >= 15 is 0 Å². The van der Waals surface area contributed by atoms with Gasteiger partial charge in [-0.1, -0.05) is 42.3 Å². The number of rotatable bonds is 4. The van der Waals surface area contributed by atoms with Crippen molar-refractivity contribution in [3.05, 3.63) is 101 Å². The molecule has 1 aliphatic heterocycles. The normalized spacial score (nSPS) is 14.6. The molecule has 0 aliphatic carbocycles. The number of carbonyl (C=O) groups excluding carboxylic acids is 2. The lowest BCUT2D eigenvalue weighted by Gasteiger charge is -2.20. The maximum Gasteiger partial charge on any atom is 0.291 e. The van der Waals surface area contributed by atoms with Crippen LogP contribution in [0.1, 0.15) is 33.3 Å². The fourth-order valence-corrected chi connectivity index (χ4v) is 3.74. The number of aromatic nitrogens is 4. The molecule has 1 atom stereocenters. The summed E-state index contributed by atoms with van der Waals surface area (Å²) in [4.78, 5) is 35.9. The van der Waals surface area contributed by atoms with E-state index in [1.54, 1.807) is 25.4 Å². The van der Waals surface area contributed by atoms with Gasteiger partial charge in [-0.05, 0) is 41.8 Å². The Bertz CT molecular complexity index is 1460. The topological polar surface area (TPSA) is 113 Å². The SMILES string of the molecule is CN1C(=O)[C@@H](NC(=O)c2n[nH]c(Cc3ccccc3)n2)COc2ccc(C#Cc3ccccn3)cc21. The molecule has 9 nitrogen and oxygen atoms in total. The molecule has 4 aromatic rings. The molecular formula is C27H22N6O3. The lowest BCUT2D eigenvalue weighted by atomic mass is 10.1. The number of hydrogen-bond donors (Lipinski definition) is 2. The van der Waals surface area contributed by atoms with Crippen molar-refractivity contribution in [1.29, 1.82) is 0 Å². The van der Waals surface area contributed by atoms with Crippen molar-refractivity contribution in [1.82, 2.24) is 25.5 Å². The lowest BCUT2D eigenvalue weighted by molar-refractivity contribution is -0.120. The van der Waals surface area contributed by atoms with Crippen LogP contribution < -0.4 is 15.0 Å². The molecule has 178 valence electrons. The molecule has 0 radical (unpaired) electrons. The minimum Gasteiger partial charge on any atom is -0.489 e. The number of pyridine rings is 1. The smallest absolute Gasteiger partial charge is 0.291 e. The second kappa shape index (κ2) is 10.1. The van der Waals surface area contributed by atoms with Gasteiger partial charge in [-0.25, -0.2) is 9.97 Å². The highest BCUT2D eigenvalue weighted by atomic mass is 16.5. The number of anilines is 1. The predicted molar refractivity (Wildman–Crippen MR) is 132 cm³/mol. The number of likely N-dealkylation sites (N-methyl/N-ethyl adjacent to an activating group) is 1. The van der Waals surface area contributed by atoms with Crippen molar-refractivity contribution in [2.24, 2.45) is 0 Å². The zero-order valence-corrected chi connectivity index (χ0v) is 19.4. The maximum atomic E-state index is 13.1. The van der Waals surface area contributed by atoms with E-state index in [9.17, 15) is 9.59 Å². The van der Waals surface area contributed by atoms with E-state index in [1.165, 1.54) is 4.90 Å². The van der Waals surface area contributed by atoms with Crippen molar-refractivity contribution in [2.45, 2.75) is 12.5 Å². The number of carbonyl (C=O) groups is 2. The molecule has 36 heavy (non-hydrogen) atoms. The lowest BCUT2D eigenvalue weighted by Crippen LogP contribution is -2.49. The Morgan fingerprint density at radius 2 is 1.97 bits per heavy atom. The van der Waals surface area contributed by atoms with Crippen molar-refractivity contribution >= 4 is 17.5 Å². The van der Waals surface area contributed by atoms with Crippen LogP contribution in [0.3, 0.4) is 0 Å². The average molecular weight is 479 g/mol. The first-order chi connectivity index (χ1) is 17.6. The van der Waals surface area contributed by atoms with Gasteiger partial charge in [0.25, 0.3) is 11.8 Å². The molecule has 2 aromatic heterocycles. The van der Waals surface area contributed by atoms with E-state index in [0.717, 1.165) is 5.56 Å². The Balaban J connectivity index is 1.28. The van der Waals surface area contributed by atoms with Gasteiger partial charge in [0.05, 0.1) is 5.69 Å². The summed E-state index contributed by atoms with van der Waals surface area (Å²) in [5, 5.41) is 9.48. The number of benzene rings is 2. The van der Waals surface area contributed by atoms with E-state index in [0.29, 0.717) is 34.9 Å². The second-order valence-electron chi connectivity index (χ2n) is 8.15. The van der Waals surface area contributed by atoms with Crippen LogP contribution in [0.4, 0.5) is 5.69 Å². The van der Waals surface area contributed by atoms with Crippen molar-refractivity contribution in [2.75, 3.05) is 18.6 Å². The van der Waals surface area contributed by atoms with Gasteiger partial charge < -0.3 is 15.0 Å². The van der Waals surface area contributed by atoms with Crippen LogP contribution >= 0.6 is 0 Å². The molecule has 3 heterocycles. The number of fused-ring (bicyclic) bond motifs is 1. The van der Waals surface area contributed by atoms with Gasteiger partial charge in [-0.3, -0.25) is 14.7 Å². The Hall–Kier alpha value is -4.97.